The van der Waals surface area contributed by atoms with Gasteiger partial charge in [-0.15, -0.1) is 0 Å². The van der Waals surface area contributed by atoms with Crippen molar-refractivity contribution in [2.75, 3.05) is 7.11 Å². The summed E-state index contributed by atoms with van der Waals surface area (Å²) in [5.74, 6) is 0.255. The minimum absolute atomic E-state index is 0.0809. The number of hydrogen-bond donors (Lipinski definition) is 0. The Morgan fingerprint density at radius 2 is 1.93 bits per heavy atom. The third-order valence-corrected chi connectivity index (χ3v) is 6.78. The number of rotatable bonds is 5. The van der Waals surface area contributed by atoms with Crippen LogP contribution in [-0.2, 0) is 17.6 Å². The van der Waals surface area contributed by atoms with E-state index in [0.717, 1.165) is 24.9 Å². The predicted octanol–water partition coefficient (Wildman–Crippen LogP) is 5.84. The van der Waals surface area contributed by atoms with E-state index in [1.165, 1.54) is 34.5 Å². The molecule has 29 heavy (non-hydrogen) atoms. The van der Waals surface area contributed by atoms with Crippen molar-refractivity contribution in [2.45, 2.75) is 46.1 Å². The van der Waals surface area contributed by atoms with Crippen LogP contribution in [0.4, 0.5) is 4.39 Å². The Kier molecular flexibility index (Phi) is 5.30. The topological polar surface area (TPSA) is 27.1 Å². The van der Waals surface area contributed by atoms with Gasteiger partial charge in [-0.1, -0.05) is 38.1 Å². The number of ether oxygens (including phenoxy) is 1. The number of hydrogen-bond acceptors (Lipinski definition) is 2. The van der Waals surface area contributed by atoms with Gasteiger partial charge in [-0.3, -0.25) is 0 Å². The Morgan fingerprint density at radius 3 is 2.62 bits per heavy atom. The molecule has 0 radical (unpaired) electrons. The molecule has 1 aromatic heterocycles. The monoisotopic (exact) mass is 392 g/mol. The third-order valence-electron chi connectivity index (χ3n) is 6.78. The molecule has 1 aliphatic carbocycles. The van der Waals surface area contributed by atoms with Gasteiger partial charge in [0, 0.05) is 12.8 Å². The highest BCUT2D eigenvalue weighted by atomic mass is 19.1. The smallest absolute Gasteiger partial charge is 0.123 e. The van der Waals surface area contributed by atoms with E-state index in [1.807, 2.05) is 18.0 Å². The van der Waals surface area contributed by atoms with Gasteiger partial charge < -0.3 is 4.74 Å². The maximum atomic E-state index is 13.3. The summed E-state index contributed by atoms with van der Waals surface area (Å²) >= 11 is 0. The SMILES string of the molecule is COC(C[C@@]1(C)Cc2cnn(-c3ccc(F)cc3)c2CC1C)c1ccccc1C. The summed E-state index contributed by atoms with van der Waals surface area (Å²) in [5.41, 5.74) is 6.11. The maximum absolute atomic E-state index is 13.3. The van der Waals surface area contributed by atoms with Crippen LogP contribution in [0.25, 0.3) is 5.69 Å². The molecule has 0 bridgehead atoms. The Hall–Kier alpha value is -2.46. The average Bonchev–Trinajstić information content (AvgIpc) is 3.10. The lowest BCUT2D eigenvalue weighted by Gasteiger charge is -2.42. The number of fused-ring (bicyclic) bond motifs is 1. The molecule has 0 fully saturated rings. The molecular weight excluding hydrogens is 363 g/mol. The fourth-order valence-electron chi connectivity index (χ4n) is 4.69. The molecule has 0 N–H and O–H groups in total. The molecule has 152 valence electrons. The quantitative estimate of drug-likeness (QED) is 0.545. The second kappa shape index (κ2) is 7.75. The number of halogens is 1. The van der Waals surface area contributed by atoms with Crippen molar-refractivity contribution in [2.24, 2.45) is 11.3 Å². The standard InChI is InChI=1S/C25H29FN2O/c1-17-7-5-6-8-22(17)24(29-4)15-25(3)14-19-16-27-28(23(19)13-18(25)2)21-11-9-20(26)10-12-21/h5-12,16,18,24H,13-15H2,1-4H3/t18?,24?,25-/m1/s1. The molecule has 4 rings (SSSR count). The molecule has 2 unspecified atom stereocenters. The van der Waals surface area contributed by atoms with Crippen LogP contribution >= 0.6 is 0 Å². The van der Waals surface area contributed by atoms with Gasteiger partial charge in [-0.05, 0) is 78.5 Å². The van der Waals surface area contributed by atoms with Crippen LogP contribution in [0.2, 0.25) is 0 Å². The normalized spacial score (nSPS) is 22.3. The van der Waals surface area contributed by atoms with Gasteiger partial charge in [-0.25, -0.2) is 9.07 Å². The van der Waals surface area contributed by atoms with Gasteiger partial charge in [0.2, 0.25) is 0 Å². The zero-order valence-electron chi connectivity index (χ0n) is 17.7. The van der Waals surface area contributed by atoms with Gasteiger partial charge in [0.05, 0.1) is 18.0 Å². The lowest BCUT2D eigenvalue weighted by atomic mass is 9.64. The van der Waals surface area contributed by atoms with E-state index in [4.69, 9.17) is 4.74 Å². The highest BCUT2D eigenvalue weighted by Gasteiger charge is 2.40. The van der Waals surface area contributed by atoms with Crippen molar-refractivity contribution < 1.29 is 9.13 Å². The summed E-state index contributed by atoms with van der Waals surface area (Å²) < 4.78 is 21.2. The van der Waals surface area contributed by atoms with Gasteiger partial charge >= 0.3 is 0 Å². The summed E-state index contributed by atoms with van der Waals surface area (Å²) in [7, 11) is 1.81. The number of nitrogens with zero attached hydrogens (tertiary/aromatic N) is 2. The lowest BCUT2D eigenvalue weighted by molar-refractivity contribution is 0.0302. The van der Waals surface area contributed by atoms with Crippen molar-refractivity contribution in [3.8, 4) is 5.69 Å². The van der Waals surface area contributed by atoms with Crippen molar-refractivity contribution in [1.82, 2.24) is 9.78 Å². The number of methoxy groups -OCH3 is 1. The zero-order valence-corrected chi connectivity index (χ0v) is 17.7. The molecule has 2 aromatic carbocycles. The van der Waals surface area contributed by atoms with Crippen LogP contribution in [0.5, 0.6) is 0 Å². The fourth-order valence-corrected chi connectivity index (χ4v) is 4.69. The lowest BCUT2D eigenvalue weighted by Crippen LogP contribution is -2.36. The molecule has 3 nitrogen and oxygen atoms in total. The van der Waals surface area contributed by atoms with Crippen LogP contribution in [0.1, 0.15) is 48.8 Å². The summed E-state index contributed by atoms with van der Waals surface area (Å²) in [6.07, 6.45) is 4.95. The van der Waals surface area contributed by atoms with Crippen LogP contribution < -0.4 is 0 Å². The number of aryl methyl sites for hydroxylation is 1. The molecule has 3 atom stereocenters. The van der Waals surface area contributed by atoms with Gasteiger partial charge in [-0.2, -0.15) is 5.10 Å². The zero-order chi connectivity index (χ0) is 20.6. The second-order valence-electron chi connectivity index (χ2n) is 8.73. The third kappa shape index (κ3) is 3.74. The van der Waals surface area contributed by atoms with Crippen LogP contribution in [0.15, 0.2) is 54.7 Å². The van der Waals surface area contributed by atoms with E-state index < -0.39 is 0 Å². The van der Waals surface area contributed by atoms with Crippen LogP contribution in [0, 0.1) is 24.1 Å². The molecular formula is C25H29FN2O. The maximum Gasteiger partial charge on any atom is 0.123 e. The average molecular weight is 393 g/mol. The van der Waals surface area contributed by atoms with Crippen molar-refractivity contribution in [3.05, 3.63) is 82.9 Å². The first kappa shape index (κ1) is 19.8. The van der Waals surface area contributed by atoms with Crippen molar-refractivity contribution in [1.29, 1.82) is 0 Å². The molecule has 3 aromatic rings. The summed E-state index contributed by atoms with van der Waals surface area (Å²) in [4.78, 5) is 0. The minimum atomic E-state index is -0.225. The first-order chi connectivity index (χ1) is 13.9. The molecule has 0 amide bonds. The molecule has 0 saturated carbocycles. The van der Waals surface area contributed by atoms with E-state index in [9.17, 15) is 4.39 Å². The van der Waals surface area contributed by atoms with E-state index in [-0.39, 0.29) is 17.3 Å². The summed E-state index contributed by atoms with van der Waals surface area (Å²) in [6.45, 7) is 6.86. The highest BCUT2D eigenvalue weighted by molar-refractivity contribution is 5.37. The van der Waals surface area contributed by atoms with Crippen LogP contribution in [0.3, 0.4) is 0 Å². The fraction of sp³-hybridized carbons (Fsp3) is 0.400. The summed E-state index contributed by atoms with van der Waals surface area (Å²) in [6, 6.07) is 15.1. The minimum Gasteiger partial charge on any atom is -0.377 e. The first-order valence-corrected chi connectivity index (χ1v) is 10.3. The predicted molar refractivity (Wildman–Crippen MR) is 114 cm³/mol. The highest BCUT2D eigenvalue weighted by Crippen LogP contribution is 2.46. The van der Waals surface area contributed by atoms with Crippen molar-refractivity contribution in [3.63, 3.8) is 0 Å². The Balaban J connectivity index is 1.61. The van der Waals surface area contributed by atoms with Gasteiger partial charge in [0.1, 0.15) is 5.82 Å². The molecule has 4 heteroatoms. The van der Waals surface area contributed by atoms with E-state index >= 15 is 0 Å². The first-order valence-electron chi connectivity index (χ1n) is 10.3. The van der Waals surface area contributed by atoms with E-state index in [1.54, 1.807) is 12.1 Å². The largest absolute Gasteiger partial charge is 0.377 e. The summed E-state index contributed by atoms with van der Waals surface area (Å²) in [5, 5.41) is 4.63. The molecule has 0 spiro atoms. The Labute approximate surface area is 172 Å². The molecule has 1 aliphatic rings. The van der Waals surface area contributed by atoms with Crippen LogP contribution in [-0.4, -0.2) is 16.9 Å². The second-order valence-corrected chi connectivity index (χ2v) is 8.73. The number of aromatic nitrogens is 2. The molecule has 1 heterocycles. The molecule has 0 aliphatic heterocycles. The van der Waals surface area contributed by atoms with Gasteiger partial charge in [0.25, 0.3) is 0 Å². The number of benzene rings is 2. The van der Waals surface area contributed by atoms with Gasteiger partial charge in [0.15, 0.2) is 0 Å². The van der Waals surface area contributed by atoms with E-state index in [0.29, 0.717) is 5.92 Å². The Bertz CT molecular complexity index is 994. The van der Waals surface area contributed by atoms with E-state index in [2.05, 4.69) is 50.1 Å². The molecule has 0 saturated heterocycles. The van der Waals surface area contributed by atoms with Crippen molar-refractivity contribution >= 4 is 0 Å². The Morgan fingerprint density at radius 1 is 1.21 bits per heavy atom.